The van der Waals surface area contributed by atoms with Crippen molar-refractivity contribution in [3.8, 4) is 0 Å². The summed E-state index contributed by atoms with van der Waals surface area (Å²) in [7, 11) is -4.08. The first-order valence-corrected chi connectivity index (χ1v) is 16.9. The summed E-state index contributed by atoms with van der Waals surface area (Å²) in [5, 5.41) is 3.19. The van der Waals surface area contributed by atoms with Crippen LogP contribution in [0.15, 0.2) is 88.2 Å². The zero-order valence-electron chi connectivity index (χ0n) is 24.3. The van der Waals surface area contributed by atoms with Gasteiger partial charge in [-0.05, 0) is 74.6 Å². The molecule has 3 aromatic rings. The Morgan fingerprint density at radius 3 is 2.19 bits per heavy atom. The molecule has 1 fully saturated rings. The lowest BCUT2D eigenvalue weighted by Gasteiger charge is -2.34. The van der Waals surface area contributed by atoms with Crippen molar-refractivity contribution in [1.82, 2.24) is 10.2 Å². The summed E-state index contributed by atoms with van der Waals surface area (Å²) in [6.07, 6.45) is 6.17. The molecular weight excluding hydrogens is 614 g/mol. The Morgan fingerprint density at radius 2 is 1.57 bits per heavy atom. The van der Waals surface area contributed by atoms with Crippen molar-refractivity contribution >= 4 is 43.5 Å². The number of hydrogen-bond acceptors (Lipinski definition) is 4. The summed E-state index contributed by atoms with van der Waals surface area (Å²) in [6.45, 7) is 3.64. The van der Waals surface area contributed by atoms with Crippen LogP contribution in [0.3, 0.4) is 0 Å². The zero-order valence-corrected chi connectivity index (χ0v) is 26.7. The molecule has 42 heavy (non-hydrogen) atoms. The van der Waals surface area contributed by atoms with Gasteiger partial charge in [0.25, 0.3) is 10.0 Å². The number of anilines is 1. The molecule has 4 rings (SSSR count). The van der Waals surface area contributed by atoms with Gasteiger partial charge in [-0.3, -0.25) is 13.9 Å². The minimum absolute atomic E-state index is 0.0988. The molecule has 1 unspecified atom stereocenters. The van der Waals surface area contributed by atoms with Crippen molar-refractivity contribution in [2.75, 3.05) is 17.4 Å². The van der Waals surface area contributed by atoms with Gasteiger partial charge in [0.05, 0.1) is 10.6 Å². The molecule has 0 radical (unpaired) electrons. The molecule has 1 N–H and O–H groups in total. The Morgan fingerprint density at radius 1 is 0.929 bits per heavy atom. The minimum Gasteiger partial charge on any atom is -0.352 e. The maximum absolute atomic E-state index is 14.2. The summed E-state index contributed by atoms with van der Waals surface area (Å²) >= 11 is 3.41. The third-order valence-corrected chi connectivity index (χ3v) is 10.1. The van der Waals surface area contributed by atoms with E-state index in [2.05, 4.69) is 21.2 Å². The molecular formula is C33H40BrN3O4S. The molecule has 0 spiro atoms. The molecule has 7 nitrogen and oxygen atoms in total. The summed E-state index contributed by atoms with van der Waals surface area (Å²) in [5.74, 6) is -0.599. The van der Waals surface area contributed by atoms with Crippen LogP contribution in [0.25, 0.3) is 0 Å². The van der Waals surface area contributed by atoms with E-state index >= 15 is 0 Å². The van der Waals surface area contributed by atoms with Crippen molar-refractivity contribution in [2.24, 2.45) is 0 Å². The van der Waals surface area contributed by atoms with Gasteiger partial charge in [0.1, 0.15) is 12.6 Å². The molecule has 0 heterocycles. The van der Waals surface area contributed by atoms with Gasteiger partial charge in [0.2, 0.25) is 11.8 Å². The number of carbonyl (C=O) groups excluding carboxylic acids is 2. The summed E-state index contributed by atoms with van der Waals surface area (Å²) < 4.78 is 29.9. The molecule has 1 aliphatic carbocycles. The van der Waals surface area contributed by atoms with E-state index in [9.17, 15) is 18.0 Å². The van der Waals surface area contributed by atoms with Crippen molar-refractivity contribution in [1.29, 1.82) is 0 Å². The normalized spacial score (nSPS) is 14.6. The number of nitrogens with one attached hydrogen (secondary N) is 1. The summed E-state index contributed by atoms with van der Waals surface area (Å²) in [4.78, 5) is 29.4. The number of carbonyl (C=O) groups is 2. The van der Waals surface area contributed by atoms with E-state index in [0.717, 1.165) is 45.6 Å². The van der Waals surface area contributed by atoms with E-state index in [1.807, 2.05) is 44.2 Å². The molecule has 0 saturated heterocycles. The van der Waals surface area contributed by atoms with E-state index in [1.165, 1.54) is 6.42 Å². The lowest BCUT2D eigenvalue weighted by Crippen LogP contribution is -2.54. The fourth-order valence-electron chi connectivity index (χ4n) is 5.41. The highest BCUT2D eigenvalue weighted by Gasteiger charge is 2.34. The summed E-state index contributed by atoms with van der Waals surface area (Å²) in [6, 6.07) is 22.6. The second-order valence-electron chi connectivity index (χ2n) is 10.9. The van der Waals surface area contributed by atoms with Crippen molar-refractivity contribution < 1.29 is 18.0 Å². The maximum atomic E-state index is 14.2. The fourth-order valence-corrected chi connectivity index (χ4v) is 7.09. The molecule has 224 valence electrons. The van der Waals surface area contributed by atoms with Crippen LogP contribution in [0.5, 0.6) is 0 Å². The molecule has 2 amide bonds. The van der Waals surface area contributed by atoms with Crippen LogP contribution in [-0.4, -0.2) is 50.3 Å². The quantitative estimate of drug-likeness (QED) is 0.250. The number of hydrogen-bond donors (Lipinski definition) is 1. The third-order valence-electron chi connectivity index (χ3n) is 7.82. The summed E-state index contributed by atoms with van der Waals surface area (Å²) in [5.41, 5.74) is 2.34. The van der Waals surface area contributed by atoms with Crippen LogP contribution in [0.1, 0.15) is 56.6 Å². The van der Waals surface area contributed by atoms with Gasteiger partial charge in [-0.2, -0.15) is 0 Å². The predicted molar refractivity (Wildman–Crippen MR) is 171 cm³/mol. The monoisotopic (exact) mass is 653 g/mol. The van der Waals surface area contributed by atoms with Gasteiger partial charge in [-0.25, -0.2) is 8.42 Å². The standard InChI is InChI=1S/C33H40BrN3O4S/c1-3-31(33(39)35-28-12-8-5-9-13-28)36(23-22-26-10-6-4-7-11-26)32(38)24-37(29-18-16-27(34)17-19-29)42(40,41)30-20-14-25(2)15-21-30/h4,6-7,10-11,14-21,28,31H,3,5,8-9,12-13,22-24H2,1-2H3,(H,35,39). The van der Waals surface area contributed by atoms with Crippen LogP contribution in [-0.2, 0) is 26.0 Å². The molecule has 0 aliphatic heterocycles. The Bertz CT molecular complexity index is 1420. The van der Waals surface area contributed by atoms with Gasteiger partial charge in [0, 0.05) is 17.1 Å². The topological polar surface area (TPSA) is 86.8 Å². The van der Waals surface area contributed by atoms with Gasteiger partial charge >= 0.3 is 0 Å². The van der Waals surface area contributed by atoms with E-state index in [-0.39, 0.29) is 23.4 Å². The third kappa shape index (κ3) is 8.22. The van der Waals surface area contributed by atoms with Crippen molar-refractivity contribution in [3.63, 3.8) is 0 Å². The van der Waals surface area contributed by atoms with Gasteiger partial charge in [-0.1, -0.05) is 90.1 Å². The largest absolute Gasteiger partial charge is 0.352 e. The van der Waals surface area contributed by atoms with Crippen molar-refractivity contribution in [2.45, 2.75) is 75.8 Å². The molecule has 0 aromatic heterocycles. The van der Waals surface area contributed by atoms with Gasteiger partial charge in [0.15, 0.2) is 0 Å². The molecule has 1 aliphatic rings. The second-order valence-corrected chi connectivity index (χ2v) is 13.7. The number of nitrogens with zero attached hydrogens (tertiary/aromatic N) is 2. The van der Waals surface area contributed by atoms with Crippen LogP contribution in [0.4, 0.5) is 5.69 Å². The Hall–Kier alpha value is -3.17. The first-order chi connectivity index (χ1) is 20.2. The molecule has 9 heteroatoms. The van der Waals surface area contributed by atoms with E-state index in [0.29, 0.717) is 18.5 Å². The van der Waals surface area contributed by atoms with E-state index in [4.69, 9.17) is 0 Å². The molecule has 1 saturated carbocycles. The zero-order chi connectivity index (χ0) is 30.1. The second kappa shape index (κ2) is 14.8. The fraction of sp³-hybridized carbons (Fsp3) is 0.394. The number of sulfonamides is 1. The maximum Gasteiger partial charge on any atom is 0.264 e. The molecule has 0 bridgehead atoms. The minimum atomic E-state index is -4.08. The number of aryl methyl sites for hydroxylation is 1. The lowest BCUT2D eigenvalue weighted by molar-refractivity contribution is -0.140. The van der Waals surface area contributed by atoms with Gasteiger partial charge in [-0.15, -0.1) is 0 Å². The van der Waals surface area contributed by atoms with Crippen LogP contribution >= 0.6 is 15.9 Å². The predicted octanol–water partition coefficient (Wildman–Crippen LogP) is 6.25. The highest BCUT2D eigenvalue weighted by molar-refractivity contribution is 9.10. The SMILES string of the molecule is CCC(C(=O)NC1CCCCC1)N(CCc1ccccc1)C(=O)CN(c1ccc(Br)cc1)S(=O)(=O)c1ccc(C)cc1. The van der Waals surface area contributed by atoms with E-state index in [1.54, 1.807) is 53.4 Å². The van der Waals surface area contributed by atoms with E-state index < -0.39 is 28.5 Å². The number of halogens is 1. The Labute approximate surface area is 258 Å². The first kappa shape index (κ1) is 31.8. The molecule has 3 aromatic carbocycles. The van der Waals surface area contributed by atoms with Gasteiger partial charge < -0.3 is 10.2 Å². The average Bonchev–Trinajstić information content (AvgIpc) is 2.99. The van der Waals surface area contributed by atoms with Crippen LogP contribution in [0.2, 0.25) is 0 Å². The van der Waals surface area contributed by atoms with Crippen molar-refractivity contribution in [3.05, 3.63) is 94.5 Å². The average molecular weight is 655 g/mol. The number of rotatable bonds is 12. The van der Waals surface area contributed by atoms with Crippen LogP contribution < -0.4 is 9.62 Å². The highest BCUT2D eigenvalue weighted by atomic mass is 79.9. The highest BCUT2D eigenvalue weighted by Crippen LogP contribution is 2.26. The number of amides is 2. The number of benzene rings is 3. The Balaban J connectivity index is 1.66. The van der Waals surface area contributed by atoms with Crippen LogP contribution in [0, 0.1) is 6.92 Å². The Kier molecular flexibility index (Phi) is 11.2. The molecule has 1 atom stereocenters. The lowest BCUT2D eigenvalue weighted by atomic mass is 9.95. The smallest absolute Gasteiger partial charge is 0.264 e. The first-order valence-electron chi connectivity index (χ1n) is 14.7.